The monoisotopic (exact) mass is 592 g/mol. The quantitative estimate of drug-likeness (QED) is 0.346. The number of amides is 1. The third kappa shape index (κ3) is 4.66. The van der Waals surface area contributed by atoms with Crippen LogP contribution in [0.1, 0.15) is 27.9 Å². The maximum atomic E-state index is 14.3. The van der Waals surface area contributed by atoms with Crippen LogP contribution in [0.15, 0.2) is 30.3 Å². The molecule has 2 aromatic carbocycles. The van der Waals surface area contributed by atoms with Crippen molar-refractivity contribution in [3.8, 4) is 16.9 Å². The Balaban J connectivity index is 1.66. The van der Waals surface area contributed by atoms with Gasteiger partial charge in [0.05, 0.1) is 17.6 Å². The SMILES string of the molecule is CN(C)Cc1cccc(-c2cc(N(C)C)c3c(c2O)C(=O)C2C(=O)[C@@]4(O)C(=O)C(C(N)=O)C(O)[C@H](N(C)C)[C@H]4C[C@H]2C3)c1. The number of hydrogen-bond acceptors (Lipinski definition) is 10. The number of ketones is 3. The van der Waals surface area contributed by atoms with Crippen molar-refractivity contribution in [3.05, 3.63) is 47.0 Å². The van der Waals surface area contributed by atoms with Gasteiger partial charge in [-0.1, -0.05) is 18.2 Å². The Morgan fingerprint density at radius 2 is 1.72 bits per heavy atom. The minimum Gasteiger partial charge on any atom is -0.507 e. The Labute approximate surface area is 250 Å². The van der Waals surface area contributed by atoms with Crippen molar-refractivity contribution in [1.82, 2.24) is 9.80 Å². The first-order chi connectivity index (χ1) is 20.1. The molecule has 0 spiro atoms. The van der Waals surface area contributed by atoms with Gasteiger partial charge in [-0.05, 0) is 75.8 Å². The van der Waals surface area contributed by atoms with Gasteiger partial charge < -0.3 is 35.8 Å². The van der Waals surface area contributed by atoms with E-state index in [1.807, 2.05) is 68.3 Å². The van der Waals surface area contributed by atoms with Crippen molar-refractivity contribution in [2.45, 2.75) is 37.1 Å². The van der Waals surface area contributed by atoms with Crippen molar-refractivity contribution in [2.24, 2.45) is 29.4 Å². The van der Waals surface area contributed by atoms with Gasteiger partial charge in [-0.2, -0.15) is 0 Å². The molecule has 5 N–H and O–H groups in total. The molecule has 2 saturated carbocycles. The average molecular weight is 593 g/mol. The number of phenols is 1. The number of nitrogens with zero attached hydrogens (tertiary/aromatic N) is 3. The van der Waals surface area contributed by atoms with E-state index in [1.165, 1.54) is 0 Å². The van der Waals surface area contributed by atoms with Gasteiger partial charge in [0.2, 0.25) is 5.91 Å². The van der Waals surface area contributed by atoms with E-state index in [-0.39, 0.29) is 24.2 Å². The largest absolute Gasteiger partial charge is 0.507 e. The van der Waals surface area contributed by atoms with Crippen molar-refractivity contribution in [2.75, 3.05) is 47.2 Å². The molecule has 1 amide bonds. The number of hydrogen-bond donors (Lipinski definition) is 4. The second-order valence-corrected chi connectivity index (χ2v) is 12.9. The number of Topliss-reactive ketones (excluding diaryl/α,β-unsaturated/α-hetero) is 3. The summed E-state index contributed by atoms with van der Waals surface area (Å²) in [5.74, 6) is -9.18. The molecule has 11 heteroatoms. The molecule has 43 heavy (non-hydrogen) atoms. The molecule has 3 aliphatic rings. The van der Waals surface area contributed by atoms with Gasteiger partial charge in [-0.3, -0.25) is 19.2 Å². The van der Waals surface area contributed by atoms with Crippen LogP contribution in [0.3, 0.4) is 0 Å². The maximum Gasteiger partial charge on any atom is 0.230 e. The predicted molar refractivity (Wildman–Crippen MR) is 160 cm³/mol. The van der Waals surface area contributed by atoms with Crippen molar-refractivity contribution in [1.29, 1.82) is 0 Å². The Kier molecular flexibility index (Phi) is 7.75. The Hall–Kier alpha value is -3.64. The van der Waals surface area contributed by atoms with Crippen LogP contribution in [0, 0.1) is 23.7 Å². The molecule has 2 fully saturated rings. The number of fused-ring (bicyclic) bond motifs is 3. The zero-order valence-electron chi connectivity index (χ0n) is 25.4. The Bertz CT molecular complexity index is 1520. The summed E-state index contributed by atoms with van der Waals surface area (Å²) in [7, 11) is 10.8. The number of likely N-dealkylation sites (N-methyl/N-ethyl adjacent to an activating group) is 1. The van der Waals surface area contributed by atoms with E-state index < -0.39 is 64.7 Å². The fourth-order valence-corrected chi connectivity index (χ4v) is 7.69. The van der Waals surface area contributed by atoms with Gasteiger partial charge in [0, 0.05) is 43.9 Å². The third-order valence-electron chi connectivity index (χ3n) is 9.49. The summed E-state index contributed by atoms with van der Waals surface area (Å²) in [5, 5.41) is 34.6. The minimum atomic E-state index is -2.69. The molecular weight excluding hydrogens is 552 g/mol. The Morgan fingerprint density at radius 1 is 1.05 bits per heavy atom. The van der Waals surface area contributed by atoms with Gasteiger partial charge in [0.15, 0.2) is 23.0 Å². The molecule has 3 unspecified atom stereocenters. The molecule has 2 aromatic rings. The summed E-state index contributed by atoms with van der Waals surface area (Å²) in [6.07, 6.45) is -1.24. The fraction of sp³-hybridized carbons (Fsp3) is 0.500. The molecule has 11 nitrogen and oxygen atoms in total. The number of anilines is 1. The number of aromatic hydroxyl groups is 1. The summed E-state index contributed by atoms with van der Waals surface area (Å²) in [5.41, 5.74) is 6.18. The van der Waals surface area contributed by atoms with Crippen LogP contribution in [0.25, 0.3) is 11.1 Å². The van der Waals surface area contributed by atoms with Crippen LogP contribution in [-0.2, 0) is 27.3 Å². The molecule has 0 aliphatic heterocycles. The van der Waals surface area contributed by atoms with E-state index in [9.17, 15) is 34.5 Å². The van der Waals surface area contributed by atoms with E-state index >= 15 is 0 Å². The highest BCUT2D eigenvalue weighted by Gasteiger charge is 2.69. The van der Waals surface area contributed by atoms with E-state index in [2.05, 4.69) is 0 Å². The number of nitrogens with two attached hydrogens (primary N) is 1. The number of phenolic OH excluding ortho intramolecular Hbond substituents is 1. The molecule has 0 radical (unpaired) electrons. The zero-order chi connectivity index (χ0) is 31.7. The van der Waals surface area contributed by atoms with Crippen molar-refractivity contribution >= 4 is 28.9 Å². The second kappa shape index (κ2) is 10.8. The Morgan fingerprint density at radius 3 is 2.30 bits per heavy atom. The molecule has 0 aromatic heterocycles. The highest BCUT2D eigenvalue weighted by molar-refractivity contribution is 6.26. The summed E-state index contributed by atoms with van der Waals surface area (Å²) in [4.78, 5) is 59.8. The number of benzene rings is 2. The summed E-state index contributed by atoms with van der Waals surface area (Å²) in [6.45, 7) is 0.667. The lowest BCUT2D eigenvalue weighted by atomic mass is 9.52. The molecule has 0 saturated heterocycles. The summed E-state index contributed by atoms with van der Waals surface area (Å²) >= 11 is 0. The molecule has 0 heterocycles. The third-order valence-corrected chi connectivity index (χ3v) is 9.49. The number of carbonyl (C=O) groups excluding carboxylic acids is 4. The number of aliphatic hydroxyl groups excluding tert-OH is 1. The number of carbonyl (C=O) groups is 4. The zero-order valence-corrected chi connectivity index (χ0v) is 25.4. The lowest BCUT2D eigenvalue weighted by Crippen LogP contribution is -2.75. The lowest BCUT2D eigenvalue weighted by Gasteiger charge is -2.55. The van der Waals surface area contributed by atoms with Gasteiger partial charge in [-0.15, -0.1) is 0 Å². The average Bonchev–Trinajstić information content (AvgIpc) is 2.90. The van der Waals surface area contributed by atoms with Gasteiger partial charge in [-0.25, -0.2) is 0 Å². The van der Waals surface area contributed by atoms with Gasteiger partial charge in [0.1, 0.15) is 11.7 Å². The van der Waals surface area contributed by atoms with Gasteiger partial charge in [0.25, 0.3) is 0 Å². The molecule has 230 valence electrons. The minimum absolute atomic E-state index is 0.00485. The maximum absolute atomic E-state index is 14.3. The molecule has 0 bridgehead atoms. The van der Waals surface area contributed by atoms with Crippen molar-refractivity contribution in [3.63, 3.8) is 0 Å². The number of aliphatic hydroxyl groups is 2. The smallest absolute Gasteiger partial charge is 0.230 e. The van der Waals surface area contributed by atoms with Crippen LogP contribution in [0.4, 0.5) is 5.69 Å². The molecule has 3 aliphatic carbocycles. The van der Waals surface area contributed by atoms with E-state index in [0.29, 0.717) is 28.9 Å². The van der Waals surface area contributed by atoms with E-state index in [1.54, 1.807) is 19.0 Å². The van der Waals surface area contributed by atoms with E-state index in [0.717, 1.165) is 5.56 Å². The topological polar surface area (TPSA) is 165 Å². The van der Waals surface area contributed by atoms with Crippen molar-refractivity contribution < 1.29 is 34.5 Å². The first-order valence-electron chi connectivity index (χ1n) is 14.4. The normalized spacial score (nSPS) is 30.2. The van der Waals surface area contributed by atoms with Crippen LogP contribution >= 0.6 is 0 Å². The second-order valence-electron chi connectivity index (χ2n) is 12.9. The first-order valence-corrected chi connectivity index (χ1v) is 14.4. The number of primary amides is 1. The standard InChI is InChI=1S/C32H40N4O7/c1-34(2)14-15-8-7-9-16(10-15)18-13-21(35(3)4)19-11-17-12-20-25(36(5)6)28(39)24(31(33)42)30(41)32(20,43)29(40)22(17)27(38)23(19)26(18)37/h7-10,13,17,20,22,24-25,28,37,39,43H,11-12,14H2,1-6H3,(H2,33,42)/t17-,20-,22?,24?,25-,28?,32-/m1/s1. The van der Waals surface area contributed by atoms with Gasteiger partial charge >= 0.3 is 0 Å². The predicted octanol–water partition coefficient (Wildman–Crippen LogP) is 0.453. The van der Waals surface area contributed by atoms with Crippen LogP contribution in [0.5, 0.6) is 5.75 Å². The molecule has 7 atom stereocenters. The van der Waals surface area contributed by atoms with E-state index in [4.69, 9.17) is 5.73 Å². The van der Waals surface area contributed by atoms with Crippen LogP contribution in [0.2, 0.25) is 0 Å². The first kappa shape index (κ1) is 30.8. The van der Waals surface area contributed by atoms with Crippen LogP contribution in [-0.4, -0.2) is 108 Å². The highest BCUT2D eigenvalue weighted by Crippen LogP contribution is 2.53. The number of rotatable bonds is 6. The lowest BCUT2D eigenvalue weighted by molar-refractivity contribution is -0.190. The fourth-order valence-electron chi connectivity index (χ4n) is 7.69. The summed E-state index contributed by atoms with van der Waals surface area (Å²) < 4.78 is 0. The molecule has 5 rings (SSSR count). The molecular formula is C32H40N4O7. The highest BCUT2D eigenvalue weighted by atomic mass is 16.3. The van der Waals surface area contributed by atoms with Crippen LogP contribution < -0.4 is 10.6 Å². The summed E-state index contributed by atoms with van der Waals surface area (Å²) in [6, 6.07) is 8.52.